The fourth-order valence-electron chi connectivity index (χ4n) is 3.05. The highest BCUT2D eigenvalue weighted by Gasteiger charge is 2.21. The summed E-state index contributed by atoms with van der Waals surface area (Å²) in [5, 5.41) is 1.21. The number of halogens is 1. The number of hydrogen-bond donors (Lipinski definition) is 0. The molecule has 0 bridgehead atoms. The molecule has 0 aliphatic rings. The first kappa shape index (κ1) is 21.2. The minimum absolute atomic E-state index is 0.00576. The van der Waals surface area contributed by atoms with Crippen molar-refractivity contribution in [1.29, 1.82) is 0 Å². The zero-order valence-corrected chi connectivity index (χ0v) is 19.9. The van der Waals surface area contributed by atoms with E-state index in [-0.39, 0.29) is 5.91 Å². The van der Waals surface area contributed by atoms with Gasteiger partial charge in [0.15, 0.2) is 5.13 Å². The third-order valence-electron chi connectivity index (χ3n) is 4.42. The van der Waals surface area contributed by atoms with E-state index < -0.39 is 0 Å². The number of carbonyl (C=O) groups excluding carboxylic acids is 1. The first-order chi connectivity index (χ1) is 14.5. The van der Waals surface area contributed by atoms with Crippen LogP contribution in [0.3, 0.4) is 0 Å². The summed E-state index contributed by atoms with van der Waals surface area (Å²) in [5.41, 5.74) is 1.87. The van der Waals surface area contributed by atoms with Gasteiger partial charge in [-0.1, -0.05) is 53.2 Å². The Morgan fingerprint density at radius 1 is 1.20 bits per heavy atom. The largest absolute Gasteiger partial charge is 0.467 e. The van der Waals surface area contributed by atoms with Crippen LogP contribution in [-0.2, 0) is 17.8 Å². The fraction of sp³-hybridized carbons (Fsp3) is 0.217. The predicted molar refractivity (Wildman–Crippen MR) is 128 cm³/mol. The van der Waals surface area contributed by atoms with Crippen LogP contribution in [0.4, 0.5) is 5.13 Å². The van der Waals surface area contributed by atoms with Crippen molar-refractivity contribution in [3.63, 3.8) is 0 Å². The number of benzene rings is 2. The van der Waals surface area contributed by atoms with Crippen molar-refractivity contribution in [3.8, 4) is 0 Å². The van der Waals surface area contributed by atoms with E-state index in [2.05, 4.69) is 41.9 Å². The highest BCUT2D eigenvalue weighted by atomic mass is 79.9. The molecule has 0 saturated carbocycles. The van der Waals surface area contributed by atoms with Crippen LogP contribution in [0.2, 0.25) is 0 Å². The highest BCUT2D eigenvalue weighted by molar-refractivity contribution is 9.10. The first-order valence-corrected chi connectivity index (χ1v) is 12.1. The summed E-state index contributed by atoms with van der Waals surface area (Å²) < 4.78 is 7.53. The van der Waals surface area contributed by atoms with Gasteiger partial charge >= 0.3 is 0 Å². The molecule has 2 heterocycles. The van der Waals surface area contributed by atoms with Crippen molar-refractivity contribution in [1.82, 2.24) is 4.98 Å². The van der Waals surface area contributed by atoms with E-state index in [9.17, 15) is 4.79 Å². The maximum absolute atomic E-state index is 13.3. The number of nitrogens with zero attached hydrogens (tertiary/aromatic N) is 2. The number of furan rings is 1. The molecule has 0 aliphatic carbocycles. The van der Waals surface area contributed by atoms with Crippen LogP contribution in [-0.4, -0.2) is 16.1 Å². The molecule has 7 heteroatoms. The predicted octanol–water partition coefficient (Wildman–Crippen LogP) is 6.93. The van der Waals surface area contributed by atoms with Gasteiger partial charge in [0.2, 0.25) is 5.91 Å². The Morgan fingerprint density at radius 2 is 2.00 bits per heavy atom. The normalized spacial score (nSPS) is 11.3. The molecule has 154 valence electrons. The molecule has 2 aromatic heterocycles. The molecule has 4 rings (SSSR count). The standard InChI is InChI=1S/C23H21BrN2O2S2/c1-15(2)29-19-8-5-16(6-9-19)12-22(27)26(14-18-4-3-11-28-18)23-25-20-10-7-17(24)13-21(20)30-23/h3-11,13,15H,12,14H2,1-2H3. The molecule has 0 aliphatic heterocycles. The number of thioether (sulfide) groups is 1. The molecule has 0 saturated heterocycles. The number of rotatable bonds is 7. The summed E-state index contributed by atoms with van der Waals surface area (Å²) in [6.07, 6.45) is 1.94. The van der Waals surface area contributed by atoms with E-state index in [0.717, 1.165) is 26.0 Å². The molecule has 0 spiro atoms. The Hall–Kier alpha value is -2.09. The molecule has 0 radical (unpaired) electrons. The summed E-state index contributed by atoms with van der Waals surface area (Å²) in [6, 6.07) is 17.9. The lowest BCUT2D eigenvalue weighted by atomic mass is 10.1. The minimum Gasteiger partial charge on any atom is -0.467 e. The third-order valence-corrected chi connectivity index (χ3v) is 6.97. The number of aromatic nitrogens is 1. The van der Waals surface area contributed by atoms with E-state index in [1.807, 2.05) is 54.2 Å². The molecule has 30 heavy (non-hydrogen) atoms. The van der Waals surface area contributed by atoms with E-state index in [0.29, 0.717) is 23.3 Å². The quantitative estimate of drug-likeness (QED) is 0.258. The molecule has 0 atom stereocenters. The Balaban J connectivity index is 1.59. The van der Waals surface area contributed by atoms with Crippen molar-refractivity contribution in [3.05, 3.63) is 76.7 Å². The Kier molecular flexibility index (Phi) is 6.61. The molecular weight excluding hydrogens is 480 g/mol. The molecule has 0 N–H and O–H groups in total. The van der Waals surface area contributed by atoms with Gasteiger partial charge in [0.1, 0.15) is 5.76 Å². The van der Waals surface area contributed by atoms with Crippen LogP contribution < -0.4 is 4.90 Å². The SMILES string of the molecule is CC(C)Sc1ccc(CC(=O)N(Cc2ccco2)c2nc3ccc(Br)cc3s2)cc1. The molecule has 2 aromatic carbocycles. The fourth-order valence-corrected chi connectivity index (χ4v) is 5.42. The number of fused-ring (bicyclic) bond motifs is 1. The van der Waals surface area contributed by atoms with E-state index >= 15 is 0 Å². The summed E-state index contributed by atoms with van der Waals surface area (Å²) >= 11 is 6.83. The topological polar surface area (TPSA) is 46.3 Å². The van der Waals surface area contributed by atoms with Gasteiger partial charge in [0, 0.05) is 14.6 Å². The second-order valence-electron chi connectivity index (χ2n) is 7.16. The highest BCUT2D eigenvalue weighted by Crippen LogP contribution is 2.32. The Bertz CT molecular complexity index is 1140. The lowest BCUT2D eigenvalue weighted by molar-refractivity contribution is -0.118. The van der Waals surface area contributed by atoms with Crippen LogP contribution >= 0.6 is 39.0 Å². The lowest BCUT2D eigenvalue weighted by Crippen LogP contribution is -2.31. The van der Waals surface area contributed by atoms with E-state index in [4.69, 9.17) is 9.40 Å². The minimum atomic E-state index is -0.00576. The second kappa shape index (κ2) is 9.37. The molecule has 0 unspecified atom stereocenters. The molecule has 4 aromatic rings. The van der Waals surface area contributed by atoms with Crippen molar-refractivity contribution in [2.75, 3.05) is 4.90 Å². The maximum atomic E-state index is 13.3. The van der Waals surface area contributed by atoms with Crippen LogP contribution in [0, 0.1) is 0 Å². The molecule has 4 nitrogen and oxygen atoms in total. The van der Waals surface area contributed by atoms with Crippen molar-refractivity contribution >= 4 is 60.3 Å². The average molecular weight is 501 g/mol. The van der Waals surface area contributed by atoms with Crippen molar-refractivity contribution in [2.45, 2.75) is 37.0 Å². The smallest absolute Gasteiger partial charge is 0.233 e. The Morgan fingerprint density at radius 3 is 2.70 bits per heavy atom. The van der Waals surface area contributed by atoms with Crippen molar-refractivity contribution < 1.29 is 9.21 Å². The lowest BCUT2D eigenvalue weighted by Gasteiger charge is -2.19. The van der Waals surface area contributed by atoms with Gasteiger partial charge < -0.3 is 4.42 Å². The van der Waals surface area contributed by atoms with Gasteiger partial charge in [-0.3, -0.25) is 9.69 Å². The van der Waals surface area contributed by atoms with Gasteiger partial charge in [-0.05, 0) is 48.0 Å². The maximum Gasteiger partial charge on any atom is 0.233 e. The number of carbonyl (C=O) groups is 1. The third kappa shape index (κ3) is 5.14. The summed E-state index contributed by atoms with van der Waals surface area (Å²) in [5.74, 6) is 0.723. The van der Waals surface area contributed by atoms with Crippen LogP contribution in [0.1, 0.15) is 25.2 Å². The van der Waals surface area contributed by atoms with Crippen LogP contribution in [0.15, 0.2) is 74.6 Å². The van der Waals surface area contributed by atoms with Crippen LogP contribution in [0.25, 0.3) is 10.2 Å². The summed E-state index contributed by atoms with van der Waals surface area (Å²) in [7, 11) is 0. The van der Waals surface area contributed by atoms with E-state index in [1.54, 1.807) is 11.2 Å². The van der Waals surface area contributed by atoms with Gasteiger partial charge in [-0.25, -0.2) is 4.98 Å². The first-order valence-electron chi connectivity index (χ1n) is 9.62. The van der Waals surface area contributed by atoms with Gasteiger partial charge in [0.05, 0.1) is 29.4 Å². The average Bonchev–Trinajstić information content (AvgIpc) is 3.36. The number of amides is 1. The van der Waals surface area contributed by atoms with Gasteiger partial charge in [-0.2, -0.15) is 0 Å². The molecule has 0 fully saturated rings. The number of thiazole rings is 1. The number of anilines is 1. The summed E-state index contributed by atoms with van der Waals surface area (Å²) in [6.45, 7) is 4.70. The zero-order valence-electron chi connectivity index (χ0n) is 16.7. The van der Waals surface area contributed by atoms with Gasteiger partial charge in [0.25, 0.3) is 0 Å². The van der Waals surface area contributed by atoms with E-state index in [1.165, 1.54) is 16.2 Å². The summed E-state index contributed by atoms with van der Waals surface area (Å²) in [4.78, 5) is 20.9. The molecular formula is C23H21BrN2O2S2. The zero-order chi connectivity index (χ0) is 21.1. The Labute approximate surface area is 192 Å². The van der Waals surface area contributed by atoms with Crippen molar-refractivity contribution in [2.24, 2.45) is 0 Å². The molecule has 1 amide bonds. The second-order valence-corrected chi connectivity index (χ2v) is 10.7. The van der Waals surface area contributed by atoms with Crippen LogP contribution in [0.5, 0.6) is 0 Å². The van der Waals surface area contributed by atoms with Gasteiger partial charge in [-0.15, -0.1) is 11.8 Å². The monoisotopic (exact) mass is 500 g/mol. The number of hydrogen-bond acceptors (Lipinski definition) is 5.